The number of aliphatic imine (C=N–C) groups is 1. The van der Waals surface area contributed by atoms with Crippen molar-refractivity contribution in [2.24, 2.45) is 4.99 Å². The van der Waals surface area contributed by atoms with Gasteiger partial charge in [-0.3, -0.25) is 19.7 Å². The van der Waals surface area contributed by atoms with Gasteiger partial charge in [0.15, 0.2) is 0 Å². The first-order valence-corrected chi connectivity index (χ1v) is 7.69. The fourth-order valence-corrected chi connectivity index (χ4v) is 2.54. The first-order chi connectivity index (χ1) is 12.3. The Labute approximate surface area is 144 Å². The predicted molar refractivity (Wildman–Crippen MR) is 94.9 cm³/mol. The van der Waals surface area contributed by atoms with Crippen LogP contribution in [0, 0.1) is 0 Å². The van der Waals surface area contributed by atoms with Gasteiger partial charge in [-0.25, -0.2) is 4.99 Å². The van der Waals surface area contributed by atoms with E-state index in [0.717, 1.165) is 5.69 Å². The second-order valence-corrected chi connectivity index (χ2v) is 5.36. The highest BCUT2D eigenvalue weighted by Gasteiger charge is 2.25. The number of aromatic nitrogens is 3. The minimum absolute atomic E-state index is 0.176. The van der Waals surface area contributed by atoms with Crippen molar-refractivity contribution in [3.8, 4) is 0 Å². The molecule has 0 bridgehead atoms. The monoisotopic (exact) mass is 327 g/mol. The maximum atomic E-state index is 12.7. The highest BCUT2D eigenvalue weighted by molar-refractivity contribution is 6.26. The summed E-state index contributed by atoms with van der Waals surface area (Å²) in [5, 5.41) is 3.10. The SMILES string of the molecule is O=C1C(Nc2cccnc2)=CC(=Nc2cccnc2)c2cccnc21. The quantitative estimate of drug-likeness (QED) is 0.799. The number of anilines is 1. The lowest BCUT2D eigenvalue weighted by Crippen LogP contribution is -2.23. The summed E-state index contributed by atoms with van der Waals surface area (Å²) in [6.45, 7) is 0. The lowest BCUT2D eigenvalue weighted by molar-refractivity contribution is 0.103. The number of allylic oxidation sites excluding steroid dienone is 2. The molecule has 3 heterocycles. The summed E-state index contributed by atoms with van der Waals surface area (Å²) in [6.07, 6.45) is 10.0. The Bertz CT molecular complexity index is 981. The average Bonchev–Trinajstić information content (AvgIpc) is 2.67. The van der Waals surface area contributed by atoms with Gasteiger partial charge in [0.2, 0.25) is 5.78 Å². The van der Waals surface area contributed by atoms with Gasteiger partial charge in [-0.2, -0.15) is 0 Å². The third-order valence-electron chi connectivity index (χ3n) is 3.66. The van der Waals surface area contributed by atoms with Crippen LogP contribution >= 0.6 is 0 Å². The molecule has 120 valence electrons. The molecular formula is C19H13N5O. The van der Waals surface area contributed by atoms with Crippen LogP contribution in [0.15, 0.2) is 84.1 Å². The highest BCUT2D eigenvalue weighted by Crippen LogP contribution is 2.23. The lowest BCUT2D eigenvalue weighted by Gasteiger charge is -2.17. The number of Topliss-reactive ketones (excluding diaryl/α,β-unsaturated/α-hetero) is 1. The number of pyridine rings is 3. The van der Waals surface area contributed by atoms with E-state index in [2.05, 4.69) is 25.3 Å². The maximum Gasteiger partial charge on any atom is 0.228 e. The van der Waals surface area contributed by atoms with Gasteiger partial charge in [-0.05, 0) is 42.5 Å². The Morgan fingerprint density at radius 2 is 1.72 bits per heavy atom. The van der Waals surface area contributed by atoms with E-state index >= 15 is 0 Å². The number of carbonyl (C=O) groups excluding carboxylic acids is 1. The Morgan fingerprint density at radius 3 is 2.48 bits per heavy atom. The summed E-state index contributed by atoms with van der Waals surface area (Å²) >= 11 is 0. The zero-order chi connectivity index (χ0) is 17.1. The van der Waals surface area contributed by atoms with Crippen LogP contribution in [0.1, 0.15) is 16.1 Å². The molecule has 0 aromatic carbocycles. The molecule has 0 atom stereocenters. The van der Waals surface area contributed by atoms with Crippen LogP contribution in [-0.2, 0) is 0 Å². The summed E-state index contributed by atoms with van der Waals surface area (Å²) < 4.78 is 0. The Kier molecular flexibility index (Phi) is 3.84. The van der Waals surface area contributed by atoms with E-state index in [9.17, 15) is 4.79 Å². The smallest absolute Gasteiger partial charge is 0.228 e. The molecule has 0 aliphatic heterocycles. The molecule has 6 heteroatoms. The van der Waals surface area contributed by atoms with Gasteiger partial charge in [-0.15, -0.1) is 0 Å². The summed E-state index contributed by atoms with van der Waals surface area (Å²) in [5.41, 5.74) is 3.57. The molecule has 0 saturated carbocycles. The number of hydrogen-bond donors (Lipinski definition) is 1. The molecule has 1 aliphatic carbocycles. The third kappa shape index (κ3) is 3.05. The minimum Gasteiger partial charge on any atom is -0.351 e. The molecule has 3 aromatic rings. The van der Waals surface area contributed by atoms with Gasteiger partial charge in [0, 0.05) is 24.2 Å². The van der Waals surface area contributed by atoms with Crippen LogP contribution in [-0.4, -0.2) is 26.4 Å². The van der Waals surface area contributed by atoms with Crippen LogP contribution in [0.4, 0.5) is 11.4 Å². The standard InChI is InChI=1S/C19H13N5O/c25-19-17(24-14-5-2-8-21-12-14)10-16(15-6-3-9-22-18(15)19)23-13-4-1-7-20-11-13/h1-12,24H. The Balaban J connectivity index is 1.80. The van der Waals surface area contributed by atoms with Crippen molar-refractivity contribution < 1.29 is 4.79 Å². The summed E-state index contributed by atoms with van der Waals surface area (Å²) in [7, 11) is 0. The summed E-state index contributed by atoms with van der Waals surface area (Å²) in [5.74, 6) is -0.176. The summed E-state index contributed by atoms with van der Waals surface area (Å²) in [4.78, 5) is 29.7. The van der Waals surface area contributed by atoms with Crippen LogP contribution in [0.2, 0.25) is 0 Å². The first-order valence-electron chi connectivity index (χ1n) is 7.69. The topological polar surface area (TPSA) is 80.1 Å². The molecule has 1 aliphatic rings. The van der Waals surface area contributed by atoms with E-state index in [-0.39, 0.29) is 5.78 Å². The highest BCUT2D eigenvalue weighted by atomic mass is 16.1. The van der Waals surface area contributed by atoms with Crippen LogP contribution in [0.25, 0.3) is 0 Å². The van der Waals surface area contributed by atoms with Crippen molar-refractivity contribution in [1.29, 1.82) is 0 Å². The number of carbonyl (C=O) groups is 1. The Morgan fingerprint density at radius 1 is 0.920 bits per heavy atom. The molecule has 0 unspecified atom stereocenters. The van der Waals surface area contributed by atoms with Gasteiger partial charge in [-0.1, -0.05) is 0 Å². The van der Waals surface area contributed by atoms with Gasteiger partial charge in [0.1, 0.15) is 5.69 Å². The second kappa shape index (κ2) is 6.45. The van der Waals surface area contributed by atoms with Crippen LogP contribution in [0.5, 0.6) is 0 Å². The molecular weight excluding hydrogens is 314 g/mol. The molecule has 6 nitrogen and oxygen atoms in total. The normalized spacial score (nSPS) is 14.8. The van der Waals surface area contributed by atoms with E-state index in [0.29, 0.717) is 28.4 Å². The van der Waals surface area contributed by atoms with E-state index < -0.39 is 0 Å². The van der Waals surface area contributed by atoms with Gasteiger partial charge in [0.25, 0.3) is 0 Å². The maximum absolute atomic E-state index is 12.7. The van der Waals surface area contributed by atoms with Gasteiger partial charge >= 0.3 is 0 Å². The van der Waals surface area contributed by atoms with E-state index in [4.69, 9.17) is 0 Å². The minimum atomic E-state index is -0.176. The zero-order valence-electron chi connectivity index (χ0n) is 13.1. The number of rotatable bonds is 3. The van der Waals surface area contributed by atoms with E-state index in [1.165, 1.54) is 0 Å². The molecule has 0 spiro atoms. The molecule has 1 N–H and O–H groups in total. The van der Waals surface area contributed by atoms with Crippen LogP contribution in [0.3, 0.4) is 0 Å². The number of ketones is 1. The molecule has 25 heavy (non-hydrogen) atoms. The number of nitrogens with zero attached hydrogens (tertiary/aromatic N) is 4. The molecule has 4 rings (SSSR count). The molecule has 0 radical (unpaired) electrons. The van der Waals surface area contributed by atoms with Crippen molar-refractivity contribution in [3.05, 3.63) is 90.4 Å². The van der Waals surface area contributed by atoms with Crippen molar-refractivity contribution in [1.82, 2.24) is 15.0 Å². The second-order valence-electron chi connectivity index (χ2n) is 5.36. The first kappa shape index (κ1) is 14.9. The van der Waals surface area contributed by atoms with Crippen molar-refractivity contribution in [2.45, 2.75) is 0 Å². The summed E-state index contributed by atoms with van der Waals surface area (Å²) in [6, 6.07) is 10.9. The largest absolute Gasteiger partial charge is 0.351 e. The number of fused-ring (bicyclic) bond motifs is 1. The fourth-order valence-electron chi connectivity index (χ4n) is 2.54. The Hall–Kier alpha value is -3.67. The molecule has 0 fully saturated rings. The van der Waals surface area contributed by atoms with E-state index in [1.807, 2.05) is 24.3 Å². The number of hydrogen-bond acceptors (Lipinski definition) is 6. The van der Waals surface area contributed by atoms with Crippen molar-refractivity contribution in [3.63, 3.8) is 0 Å². The van der Waals surface area contributed by atoms with Crippen molar-refractivity contribution >= 4 is 22.9 Å². The molecule has 3 aromatic heterocycles. The fraction of sp³-hybridized carbons (Fsp3) is 0. The van der Waals surface area contributed by atoms with Crippen molar-refractivity contribution in [2.75, 3.05) is 5.32 Å². The lowest BCUT2D eigenvalue weighted by atomic mass is 9.96. The van der Waals surface area contributed by atoms with Gasteiger partial charge in [0.05, 0.1) is 35.2 Å². The van der Waals surface area contributed by atoms with Gasteiger partial charge < -0.3 is 5.32 Å². The number of nitrogens with one attached hydrogen (secondary N) is 1. The average molecular weight is 327 g/mol. The van der Waals surface area contributed by atoms with Crippen LogP contribution < -0.4 is 5.32 Å². The predicted octanol–water partition coefficient (Wildman–Crippen LogP) is 3.18. The molecule has 0 saturated heterocycles. The zero-order valence-corrected chi connectivity index (χ0v) is 13.1. The van der Waals surface area contributed by atoms with E-state index in [1.54, 1.807) is 49.2 Å². The molecule has 0 amide bonds. The third-order valence-corrected chi connectivity index (χ3v) is 3.66.